The molecule has 26 heavy (non-hydrogen) atoms. The predicted molar refractivity (Wildman–Crippen MR) is 94.9 cm³/mol. The van der Waals surface area contributed by atoms with Gasteiger partial charge in [0.25, 0.3) is 0 Å². The van der Waals surface area contributed by atoms with Gasteiger partial charge in [-0.05, 0) is 43.2 Å². The Morgan fingerprint density at radius 3 is 2.96 bits per heavy atom. The summed E-state index contributed by atoms with van der Waals surface area (Å²) in [5.41, 5.74) is 3.54. The molecule has 0 saturated heterocycles. The number of ether oxygens (including phenoxy) is 1. The number of nitrogens with one attached hydrogen (secondary N) is 1. The molecule has 3 aromatic rings. The van der Waals surface area contributed by atoms with Crippen LogP contribution in [0.2, 0.25) is 5.02 Å². The zero-order chi connectivity index (χ0) is 18.0. The van der Waals surface area contributed by atoms with Gasteiger partial charge in [-0.1, -0.05) is 23.7 Å². The first-order valence-corrected chi connectivity index (χ1v) is 8.92. The van der Waals surface area contributed by atoms with Gasteiger partial charge in [0.2, 0.25) is 0 Å². The Balaban J connectivity index is 1.78. The van der Waals surface area contributed by atoms with Gasteiger partial charge in [0.05, 0.1) is 23.1 Å². The quantitative estimate of drug-likeness (QED) is 0.685. The van der Waals surface area contributed by atoms with E-state index in [4.69, 9.17) is 21.3 Å². The lowest BCUT2D eigenvalue weighted by Crippen LogP contribution is -2.24. The molecule has 1 aromatic heterocycles. The molecule has 0 fully saturated rings. The monoisotopic (exact) mass is 375 g/mol. The molecule has 4 nitrogen and oxygen atoms in total. The average Bonchev–Trinajstić information content (AvgIpc) is 3.07. The highest BCUT2D eigenvalue weighted by atomic mass is 35.5. The zero-order valence-electron chi connectivity index (χ0n) is 13.9. The van der Waals surface area contributed by atoms with Crippen molar-refractivity contribution in [3.8, 4) is 5.75 Å². The number of imidazole rings is 1. The highest BCUT2D eigenvalue weighted by Crippen LogP contribution is 2.49. The zero-order valence-corrected chi connectivity index (χ0v) is 14.7. The van der Waals surface area contributed by atoms with Gasteiger partial charge in [-0.15, -0.1) is 0 Å². The van der Waals surface area contributed by atoms with Crippen molar-refractivity contribution in [2.75, 3.05) is 0 Å². The molecule has 0 aliphatic carbocycles. The molecule has 5 rings (SSSR count). The van der Waals surface area contributed by atoms with E-state index in [0.717, 1.165) is 34.4 Å². The second kappa shape index (κ2) is 5.66. The van der Waals surface area contributed by atoms with Gasteiger partial charge in [0.15, 0.2) is 0 Å². The van der Waals surface area contributed by atoms with E-state index < -0.39 is 6.61 Å². The maximum absolute atomic E-state index is 13.0. The van der Waals surface area contributed by atoms with Crippen LogP contribution in [0.4, 0.5) is 8.78 Å². The third-order valence-corrected chi connectivity index (χ3v) is 5.56. The summed E-state index contributed by atoms with van der Waals surface area (Å²) in [6.45, 7) is -0.825. The lowest BCUT2D eigenvalue weighted by atomic mass is 9.95. The van der Waals surface area contributed by atoms with E-state index >= 15 is 0 Å². The highest BCUT2D eigenvalue weighted by Gasteiger charge is 2.41. The number of fused-ring (bicyclic) bond motifs is 9. The molecule has 2 bridgehead atoms. The van der Waals surface area contributed by atoms with Crippen molar-refractivity contribution >= 4 is 22.6 Å². The highest BCUT2D eigenvalue weighted by molar-refractivity contribution is 6.31. The van der Waals surface area contributed by atoms with E-state index in [2.05, 4.69) is 9.88 Å². The fraction of sp³-hybridized carbons (Fsp3) is 0.316. The van der Waals surface area contributed by atoms with Crippen molar-refractivity contribution in [3.63, 3.8) is 0 Å². The third-order valence-electron chi connectivity index (χ3n) is 5.33. The minimum atomic E-state index is -2.86. The van der Waals surface area contributed by atoms with Crippen LogP contribution in [0.15, 0.2) is 36.4 Å². The molecule has 0 spiro atoms. The normalized spacial score (nSPS) is 23.8. The number of hydrogen-bond acceptors (Lipinski definition) is 3. The van der Waals surface area contributed by atoms with Gasteiger partial charge in [-0.3, -0.25) is 0 Å². The van der Waals surface area contributed by atoms with E-state index in [-0.39, 0.29) is 23.9 Å². The summed E-state index contributed by atoms with van der Waals surface area (Å²) >= 11 is 6.20. The van der Waals surface area contributed by atoms with Crippen molar-refractivity contribution in [1.29, 1.82) is 0 Å². The van der Waals surface area contributed by atoms with Crippen molar-refractivity contribution in [1.82, 2.24) is 14.9 Å². The van der Waals surface area contributed by atoms with Crippen LogP contribution in [-0.2, 0) is 0 Å². The standard InChI is InChI=1S/C19H16ClF2N3O/c1-9-11-3-2-4-16(26-19(21)22)17(11)15-8-13(23-9)18-24-12-6-5-10(20)7-14(12)25(15)18/h2-7,9,13,15,19,23H,8H2,1H3/t9-,13-,15-/m1/s1. The van der Waals surface area contributed by atoms with Crippen LogP contribution >= 0.6 is 11.6 Å². The Morgan fingerprint density at radius 1 is 1.31 bits per heavy atom. The maximum atomic E-state index is 13.0. The number of alkyl halides is 2. The first kappa shape index (κ1) is 16.0. The number of rotatable bonds is 2. The molecule has 2 aliphatic rings. The molecule has 0 amide bonds. The SMILES string of the molecule is C[C@H]1N[C@@H]2C[C@H](c3c(OC(F)F)cccc31)n1c2nc2ccc(Cl)cc21. The van der Waals surface area contributed by atoms with Crippen LogP contribution in [0.25, 0.3) is 11.0 Å². The van der Waals surface area contributed by atoms with Crippen molar-refractivity contribution in [2.24, 2.45) is 0 Å². The molecule has 0 radical (unpaired) electrons. The second-order valence-electron chi connectivity index (χ2n) is 6.80. The molecule has 0 saturated carbocycles. The van der Waals surface area contributed by atoms with E-state index in [1.807, 2.05) is 31.2 Å². The minimum Gasteiger partial charge on any atom is -0.434 e. The molecular weight excluding hydrogens is 360 g/mol. The minimum absolute atomic E-state index is 0.0124. The number of hydrogen-bond donors (Lipinski definition) is 1. The van der Waals surface area contributed by atoms with Crippen LogP contribution in [0.1, 0.15) is 48.4 Å². The van der Waals surface area contributed by atoms with Gasteiger partial charge in [0, 0.05) is 16.6 Å². The number of aromatic nitrogens is 2. The average molecular weight is 376 g/mol. The Hall–Kier alpha value is -2.18. The van der Waals surface area contributed by atoms with E-state index in [0.29, 0.717) is 5.02 Å². The summed E-state index contributed by atoms with van der Waals surface area (Å²) in [5, 5.41) is 4.20. The molecule has 1 N–H and O–H groups in total. The molecule has 3 atom stereocenters. The topological polar surface area (TPSA) is 39.1 Å². The van der Waals surface area contributed by atoms with E-state index in [1.54, 1.807) is 12.1 Å². The summed E-state index contributed by atoms with van der Waals surface area (Å²) in [6.07, 6.45) is 0.742. The first-order valence-electron chi connectivity index (χ1n) is 8.54. The van der Waals surface area contributed by atoms with Gasteiger partial charge >= 0.3 is 6.61 Å². The van der Waals surface area contributed by atoms with E-state index in [9.17, 15) is 8.78 Å². The predicted octanol–water partition coefficient (Wildman–Crippen LogP) is 4.99. The second-order valence-corrected chi connectivity index (χ2v) is 7.24. The Morgan fingerprint density at radius 2 is 2.15 bits per heavy atom. The van der Waals surface area contributed by atoms with Gasteiger partial charge in [-0.25, -0.2) is 4.98 Å². The lowest BCUT2D eigenvalue weighted by molar-refractivity contribution is -0.0507. The summed E-state index contributed by atoms with van der Waals surface area (Å²) < 4.78 is 33.0. The number of nitrogens with zero attached hydrogens (tertiary/aromatic N) is 2. The fourth-order valence-electron chi connectivity index (χ4n) is 4.37. The molecular formula is C19H16ClF2N3O. The van der Waals surface area contributed by atoms with Gasteiger partial charge in [0.1, 0.15) is 11.6 Å². The smallest absolute Gasteiger partial charge is 0.387 e. The largest absolute Gasteiger partial charge is 0.434 e. The molecule has 0 unspecified atom stereocenters. The third kappa shape index (κ3) is 2.25. The van der Waals surface area contributed by atoms with Crippen LogP contribution in [0, 0.1) is 0 Å². The summed E-state index contributed by atoms with van der Waals surface area (Å²) in [4.78, 5) is 4.77. The first-order chi connectivity index (χ1) is 12.5. The van der Waals surface area contributed by atoms with Gasteiger partial charge in [-0.2, -0.15) is 8.78 Å². The lowest BCUT2D eigenvalue weighted by Gasteiger charge is -2.24. The van der Waals surface area contributed by atoms with Crippen molar-refractivity contribution in [2.45, 2.75) is 38.1 Å². The number of benzene rings is 2. The Bertz CT molecular complexity index is 1020. The summed E-state index contributed by atoms with van der Waals surface area (Å²) in [6, 6.07) is 10.9. The maximum Gasteiger partial charge on any atom is 0.387 e. The summed E-state index contributed by atoms with van der Waals surface area (Å²) in [5.74, 6) is 1.14. The number of halogens is 3. The molecule has 3 heterocycles. The van der Waals surface area contributed by atoms with Crippen LogP contribution in [0.3, 0.4) is 0 Å². The van der Waals surface area contributed by atoms with Gasteiger partial charge < -0.3 is 14.6 Å². The van der Waals surface area contributed by atoms with Crippen molar-refractivity contribution < 1.29 is 13.5 Å². The summed E-state index contributed by atoms with van der Waals surface area (Å²) in [7, 11) is 0. The Kier molecular flexibility index (Phi) is 3.49. The van der Waals surface area contributed by atoms with Crippen LogP contribution in [-0.4, -0.2) is 16.2 Å². The molecule has 134 valence electrons. The van der Waals surface area contributed by atoms with E-state index in [1.165, 1.54) is 0 Å². The Labute approximate surface area is 153 Å². The van der Waals surface area contributed by atoms with Crippen LogP contribution in [0.5, 0.6) is 5.75 Å². The fourth-order valence-corrected chi connectivity index (χ4v) is 4.53. The molecule has 2 aromatic carbocycles. The molecule has 2 aliphatic heterocycles. The van der Waals surface area contributed by atoms with Crippen LogP contribution < -0.4 is 10.1 Å². The molecule has 7 heteroatoms. The van der Waals surface area contributed by atoms with Crippen molar-refractivity contribution in [3.05, 3.63) is 58.4 Å².